The molecule has 0 bridgehead atoms. The molecule has 3 nitrogen and oxygen atoms in total. The second kappa shape index (κ2) is 6.66. The van der Waals surface area contributed by atoms with Gasteiger partial charge in [0.05, 0.1) is 6.04 Å². The third-order valence-electron chi connectivity index (χ3n) is 2.18. The first-order valence-electron chi connectivity index (χ1n) is 5.26. The number of amides is 1. The molecule has 0 saturated carbocycles. The van der Waals surface area contributed by atoms with Gasteiger partial charge in [-0.15, -0.1) is 0 Å². The first kappa shape index (κ1) is 13.2. The lowest BCUT2D eigenvalue weighted by atomic mass is 10.1. The Labute approximate surface area is 104 Å². The van der Waals surface area contributed by atoms with Crippen LogP contribution < -0.4 is 5.32 Å². The van der Waals surface area contributed by atoms with Crippen molar-refractivity contribution in [3.05, 3.63) is 34.3 Å². The standard InChI is InChI=1S/C12H16BrNO2/c1-3-16-8-12(15)14-9(2)10-4-6-11(13)7-5-10/h4-7,9H,3,8H2,1-2H3,(H,14,15)/t9-/m1/s1. The summed E-state index contributed by atoms with van der Waals surface area (Å²) in [6.07, 6.45) is 0. The highest BCUT2D eigenvalue weighted by atomic mass is 79.9. The van der Waals surface area contributed by atoms with Gasteiger partial charge in [0.1, 0.15) is 6.61 Å². The van der Waals surface area contributed by atoms with E-state index in [0.717, 1.165) is 10.0 Å². The number of hydrogen-bond acceptors (Lipinski definition) is 2. The molecule has 1 amide bonds. The van der Waals surface area contributed by atoms with Gasteiger partial charge in [-0.3, -0.25) is 4.79 Å². The van der Waals surface area contributed by atoms with E-state index in [4.69, 9.17) is 4.74 Å². The number of halogens is 1. The third kappa shape index (κ3) is 4.33. The number of ether oxygens (including phenoxy) is 1. The van der Waals surface area contributed by atoms with Gasteiger partial charge >= 0.3 is 0 Å². The highest BCUT2D eigenvalue weighted by Crippen LogP contribution is 2.16. The van der Waals surface area contributed by atoms with Crippen molar-refractivity contribution in [1.82, 2.24) is 5.32 Å². The van der Waals surface area contributed by atoms with Crippen molar-refractivity contribution in [3.63, 3.8) is 0 Å². The fourth-order valence-electron chi connectivity index (χ4n) is 1.31. The molecule has 0 spiro atoms. The Morgan fingerprint density at radius 1 is 1.44 bits per heavy atom. The van der Waals surface area contributed by atoms with Gasteiger partial charge in [-0.25, -0.2) is 0 Å². The van der Waals surface area contributed by atoms with Crippen molar-refractivity contribution in [2.24, 2.45) is 0 Å². The van der Waals surface area contributed by atoms with Crippen molar-refractivity contribution in [3.8, 4) is 0 Å². The summed E-state index contributed by atoms with van der Waals surface area (Å²) >= 11 is 3.37. The predicted octanol–water partition coefficient (Wildman–Crippen LogP) is 2.66. The number of rotatable bonds is 5. The maximum absolute atomic E-state index is 11.4. The van der Waals surface area contributed by atoms with Crippen LogP contribution in [-0.4, -0.2) is 19.1 Å². The van der Waals surface area contributed by atoms with E-state index in [1.54, 1.807) is 0 Å². The lowest BCUT2D eigenvalue weighted by Gasteiger charge is -2.14. The zero-order valence-corrected chi connectivity index (χ0v) is 11.1. The first-order valence-corrected chi connectivity index (χ1v) is 6.05. The van der Waals surface area contributed by atoms with Gasteiger partial charge in [-0.05, 0) is 31.5 Å². The molecule has 0 aromatic heterocycles. The van der Waals surface area contributed by atoms with Crippen molar-refractivity contribution in [1.29, 1.82) is 0 Å². The van der Waals surface area contributed by atoms with E-state index in [1.807, 2.05) is 38.1 Å². The Morgan fingerprint density at radius 3 is 2.62 bits per heavy atom. The predicted molar refractivity (Wildman–Crippen MR) is 67.2 cm³/mol. The Balaban J connectivity index is 2.48. The van der Waals surface area contributed by atoms with E-state index >= 15 is 0 Å². The van der Waals surface area contributed by atoms with Crippen molar-refractivity contribution in [2.45, 2.75) is 19.9 Å². The molecule has 0 aliphatic rings. The molecule has 1 N–H and O–H groups in total. The number of benzene rings is 1. The normalized spacial score (nSPS) is 12.2. The van der Waals surface area contributed by atoms with Gasteiger partial charge in [0.2, 0.25) is 5.91 Å². The lowest BCUT2D eigenvalue weighted by Crippen LogP contribution is -2.30. The van der Waals surface area contributed by atoms with Crippen LogP contribution in [0.4, 0.5) is 0 Å². The number of carbonyl (C=O) groups excluding carboxylic acids is 1. The zero-order valence-electron chi connectivity index (χ0n) is 9.50. The highest BCUT2D eigenvalue weighted by Gasteiger charge is 2.08. The molecule has 1 atom stereocenters. The summed E-state index contributed by atoms with van der Waals surface area (Å²) in [5.74, 6) is -0.0859. The molecule has 0 saturated heterocycles. The second-order valence-electron chi connectivity index (χ2n) is 3.48. The summed E-state index contributed by atoms with van der Waals surface area (Å²) in [4.78, 5) is 11.4. The van der Waals surface area contributed by atoms with Crippen molar-refractivity contribution >= 4 is 21.8 Å². The van der Waals surface area contributed by atoms with Crippen LogP contribution in [0.3, 0.4) is 0 Å². The topological polar surface area (TPSA) is 38.3 Å². The van der Waals surface area contributed by atoms with Gasteiger partial charge < -0.3 is 10.1 Å². The summed E-state index contributed by atoms with van der Waals surface area (Å²) in [6, 6.07) is 7.88. The van der Waals surface area contributed by atoms with Crippen LogP contribution in [0.15, 0.2) is 28.7 Å². The molecule has 0 heterocycles. The van der Waals surface area contributed by atoms with Crippen LogP contribution in [0.5, 0.6) is 0 Å². The maximum atomic E-state index is 11.4. The highest BCUT2D eigenvalue weighted by molar-refractivity contribution is 9.10. The van der Waals surface area contributed by atoms with E-state index in [9.17, 15) is 4.79 Å². The Bertz CT molecular complexity index is 337. The van der Waals surface area contributed by atoms with Crippen LogP contribution in [0, 0.1) is 0 Å². The second-order valence-corrected chi connectivity index (χ2v) is 4.39. The number of carbonyl (C=O) groups is 1. The molecule has 0 aliphatic heterocycles. The van der Waals surface area contributed by atoms with Gasteiger partial charge in [-0.2, -0.15) is 0 Å². The maximum Gasteiger partial charge on any atom is 0.246 e. The van der Waals surface area contributed by atoms with Crippen molar-refractivity contribution in [2.75, 3.05) is 13.2 Å². The van der Waals surface area contributed by atoms with Gasteiger partial charge in [-0.1, -0.05) is 28.1 Å². The van der Waals surface area contributed by atoms with E-state index < -0.39 is 0 Å². The molecule has 1 aromatic rings. The summed E-state index contributed by atoms with van der Waals surface area (Å²) < 4.78 is 6.06. The number of hydrogen-bond donors (Lipinski definition) is 1. The molecule has 1 rings (SSSR count). The Morgan fingerprint density at radius 2 is 2.06 bits per heavy atom. The fraction of sp³-hybridized carbons (Fsp3) is 0.417. The minimum atomic E-state index is -0.0859. The first-order chi connectivity index (χ1) is 7.63. The van der Waals surface area contributed by atoms with Gasteiger partial charge in [0, 0.05) is 11.1 Å². The van der Waals surface area contributed by atoms with Crippen LogP contribution in [-0.2, 0) is 9.53 Å². The fourth-order valence-corrected chi connectivity index (χ4v) is 1.58. The molecular formula is C12H16BrNO2. The molecule has 4 heteroatoms. The van der Waals surface area contributed by atoms with E-state index in [-0.39, 0.29) is 18.6 Å². The van der Waals surface area contributed by atoms with E-state index in [0.29, 0.717) is 6.61 Å². The van der Waals surface area contributed by atoms with Crippen LogP contribution in [0.2, 0.25) is 0 Å². The molecule has 0 radical (unpaired) electrons. The van der Waals surface area contributed by atoms with E-state index in [1.165, 1.54) is 0 Å². The molecule has 1 aromatic carbocycles. The van der Waals surface area contributed by atoms with Gasteiger partial charge in [0.15, 0.2) is 0 Å². The smallest absolute Gasteiger partial charge is 0.246 e. The molecular weight excluding hydrogens is 270 g/mol. The van der Waals surface area contributed by atoms with E-state index in [2.05, 4.69) is 21.2 Å². The zero-order chi connectivity index (χ0) is 12.0. The van der Waals surface area contributed by atoms with Crippen LogP contribution in [0.25, 0.3) is 0 Å². The average Bonchev–Trinajstić information content (AvgIpc) is 2.27. The minimum absolute atomic E-state index is 0.000978. The van der Waals surface area contributed by atoms with Gasteiger partial charge in [0.25, 0.3) is 0 Å². The van der Waals surface area contributed by atoms with Crippen LogP contribution in [0.1, 0.15) is 25.5 Å². The SMILES string of the molecule is CCOCC(=O)N[C@H](C)c1ccc(Br)cc1. The quantitative estimate of drug-likeness (QED) is 0.903. The molecule has 88 valence electrons. The van der Waals surface area contributed by atoms with Crippen LogP contribution >= 0.6 is 15.9 Å². The molecule has 16 heavy (non-hydrogen) atoms. The summed E-state index contributed by atoms with van der Waals surface area (Å²) in [7, 11) is 0. The Hall–Kier alpha value is -0.870. The summed E-state index contributed by atoms with van der Waals surface area (Å²) in [5.41, 5.74) is 1.08. The molecule has 0 aliphatic carbocycles. The largest absolute Gasteiger partial charge is 0.372 e. The Kier molecular flexibility index (Phi) is 5.49. The average molecular weight is 286 g/mol. The summed E-state index contributed by atoms with van der Waals surface area (Å²) in [6.45, 7) is 4.50. The van der Waals surface area contributed by atoms with Crippen molar-refractivity contribution < 1.29 is 9.53 Å². The third-order valence-corrected chi connectivity index (χ3v) is 2.71. The summed E-state index contributed by atoms with van der Waals surface area (Å²) in [5, 5.41) is 2.87. The monoisotopic (exact) mass is 285 g/mol. The minimum Gasteiger partial charge on any atom is -0.372 e. The molecule has 0 unspecified atom stereocenters. The molecule has 0 fully saturated rings. The number of nitrogens with one attached hydrogen (secondary N) is 1. The lowest BCUT2D eigenvalue weighted by molar-refractivity contribution is -0.126.